The molecule has 2 heterocycles. The van der Waals surface area contributed by atoms with E-state index in [1.165, 1.54) is 0 Å². The molecule has 2 N–H and O–H groups in total. The summed E-state index contributed by atoms with van der Waals surface area (Å²) in [5, 5.41) is 4.95. The van der Waals surface area contributed by atoms with E-state index in [2.05, 4.69) is 10.3 Å². The second-order valence-corrected chi connectivity index (χ2v) is 7.41. The van der Waals surface area contributed by atoms with Gasteiger partial charge in [0.05, 0.1) is 13.7 Å². The predicted molar refractivity (Wildman–Crippen MR) is 118 cm³/mol. The Balaban J connectivity index is 1.57. The number of aromatic nitrogens is 2. The molecule has 0 aliphatic heterocycles. The minimum atomic E-state index is -0.396. The molecule has 1 atom stereocenters. The molecule has 30 heavy (non-hydrogen) atoms. The third-order valence-electron chi connectivity index (χ3n) is 5.48. The van der Waals surface area contributed by atoms with Gasteiger partial charge in [-0.1, -0.05) is 25.1 Å². The second kappa shape index (κ2) is 8.06. The molecular formula is C24H25N3O3. The van der Waals surface area contributed by atoms with Crippen molar-refractivity contribution in [3.05, 3.63) is 66.0 Å². The SMILES string of the molecule is CC[C@H](C(=O)NCc1cc2cc(OC)ccc2[nH]1)n1cc(C(C)=O)c2ccccc21. The van der Waals surface area contributed by atoms with Crippen molar-refractivity contribution in [3.63, 3.8) is 0 Å². The van der Waals surface area contributed by atoms with E-state index >= 15 is 0 Å². The van der Waals surface area contributed by atoms with Crippen LogP contribution in [0.1, 0.15) is 42.4 Å². The lowest BCUT2D eigenvalue weighted by atomic mass is 10.1. The van der Waals surface area contributed by atoms with Gasteiger partial charge in [0.1, 0.15) is 11.8 Å². The molecule has 0 radical (unpaired) electrons. The maximum Gasteiger partial charge on any atom is 0.243 e. The van der Waals surface area contributed by atoms with Crippen LogP contribution in [0.4, 0.5) is 0 Å². The average molecular weight is 403 g/mol. The molecule has 0 saturated carbocycles. The number of amides is 1. The van der Waals surface area contributed by atoms with Crippen LogP contribution >= 0.6 is 0 Å². The molecule has 2 aromatic carbocycles. The Labute approximate surface area is 174 Å². The third kappa shape index (κ3) is 3.56. The molecule has 1 amide bonds. The fraction of sp³-hybridized carbons (Fsp3) is 0.250. The first-order chi connectivity index (χ1) is 14.5. The van der Waals surface area contributed by atoms with Crippen LogP contribution in [0, 0.1) is 0 Å². The summed E-state index contributed by atoms with van der Waals surface area (Å²) in [5.41, 5.74) is 3.45. The normalized spacial score (nSPS) is 12.2. The molecule has 0 aliphatic carbocycles. The number of ether oxygens (including phenoxy) is 1. The minimum Gasteiger partial charge on any atom is -0.497 e. The molecule has 0 spiro atoms. The Kier molecular flexibility index (Phi) is 5.31. The molecule has 0 bridgehead atoms. The largest absolute Gasteiger partial charge is 0.497 e. The lowest BCUT2D eigenvalue weighted by Gasteiger charge is -2.18. The van der Waals surface area contributed by atoms with Gasteiger partial charge in [0.25, 0.3) is 0 Å². The Morgan fingerprint density at radius 1 is 1.17 bits per heavy atom. The number of carbonyl (C=O) groups is 2. The number of methoxy groups -OCH3 is 1. The number of H-pyrrole nitrogens is 1. The topological polar surface area (TPSA) is 76.1 Å². The van der Waals surface area contributed by atoms with Crippen LogP contribution in [0.25, 0.3) is 21.8 Å². The summed E-state index contributed by atoms with van der Waals surface area (Å²) >= 11 is 0. The Morgan fingerprint density at radius 2 is 1.97 bits per heavy atom. The standard InChI is InChI=1S/C24H25N3O3/c1-4-22(27-14-20(15(2)28)19-7-5-6-8-23(19)27)24(29)25-13-17-11-16-12-18(30-3)9-10-21(16)26-17/h5-12,14,22,26H,4,13H2,1-3H3,(H,25,29)/t22-/m1/s1. The fourth-order valence-corrected chi connectivity index (χ4v) is 3.94. The van der Waals surface area contributed by atoms with Crippen molar-refractivity contribution in [2.24, 2.45) is 0 Å². The van der Waals surface area contributed by atoms with E-state index in [4.69, 9.17) is 4.74 Å². The summed E-state index contributed by atoms with van der Waals surface area (Å²) in [4.78, 5) is 28.4. The molecule has 0 fully saturated rings. The van der Waals surface area contributed by atoms with E-state index in [9.17, 15) is 9.59 Å². The number of benzene rings is 2. The van der Waals surface area contributed by atoms with Crippen LogP contribution in [-0.4, -0.2) is 28.4 Å². The number of hydrogen-bond donors (Lipinski definition) is 2. The number of para-hydroxylation sites is 1. The van der Waals surface area contributed by atoms with Gasteiger partial charge < -0.3 is 19.6 Å². The summed E-state index contributed by atoms with van der Waals surface area (Å²) in [6.07, 6.45) is 2.42. The number of rotatable bonds is 7. The van der Waals surface area contributed by atoms with E-state index in [-0.39, 0.29) is 11.7 Å². The van der Waals surface area contributed by atoms with Crippen molar-refractivity contribution in [2.45, 2.75) is 32.9 Å². The number of fused-ring (bicyclic) bond motifs is 2. The summed E-state index contributed by atoms with van der Waals surface area (Å²) in [6, 6.07) is 15.1. The summed E-state index contributed by atoms with van der Waals surface area (Å²) in [7, 11) is 1.64. The van der Waals surface area contributed by atoms with Gasteiger partial charge in [0, 0.05) is 39.3 Å². The monoisotopic (exact) mass is 403 g/mol. The van der Waals surface area contributed by atoms with Crippen LogP contribution < -0.4 is 10.1 Å². The van der Waals surface area contributed by atoms with Gasteiger partial charge in [-0.2, -0.15) is 0 Å². The Morgan fingerprint density at radius 3 is 2.70 bits per heavy atom. The third-order valence-corrected chi connectivity index (χ3v) is 5.48. The maximum atomic E-state index is 13.0. The molecule has 0 unspecified atom stereocenters. The molecular weight excluding hydrogens is 378 g/mol. The van der Waals surface area contributed by atoms with Gasteiger partial charge in [0.2, 0.25) is 5.91 Å². The van der Waals surface area contributed by atoms with E-state index in [1.54, 1.807) is 20.2 Å². The average Bonchev–Trinajstić information content (AvgIpc) is 3.34. The molecule has 6 heteroatoms. The zero-order chi connectivity index (χ0) is 21.3. The van der Waals surface area contributed by atoms with Gasteiger partial charge in [-0.25, -0.2) is 0 Å². The zero-order valence-corrected chi connectivity index (χ0v) is 17.4. The number of nitrogens with one attached hydrogen (secondary N) is 2. The summed E-state index contributed by atoms with van der Waals surface area (Å²) in [6.45, 7) is 3.92. The van der Waals surface area contributed by atoms with E-state index in [0.717, 1.165) is 33.2 Å². The lowest BCUT2D eigenvalue weighted by Crippen LogP contribution is -2.31. The van der Waals surface area contributed by atoms with Gasteiger partial charge >= 0.3 is 0 Å². The first-order valence-electron chi connectivity index (χ1n) is 10.1. The highest BCUT2D eigenvalue weighted by Gasteiger charge is 2.22. The number of nitrogens with zero attached hydrogens (tertiary/aromatic N) is 1. The maximum absolute atomic E-state index is 13.0. The van der Waals surface area contributed by atoms with E-state index in [1.807, 2.05) is 60.0 Å². The first kappa shape index (κ1) is 19.8. The van der Waals surface area contributed by atoms with Gasteiger partial charge in [-0.15, -0.1) is 0 Å². The highest BCUT2D eigenvalue weighted by Crippen LogP contribution is 2.27. The molecule has 2 aromatic heterocycles. The summed E-state index contributed by atoms with van der Waals surface area (Å²) < 4.78 is 7.18. The van der Waals surface area contributed by atoms with Gasteiger partial charge in [-0.05, 0) is 43.7 Å². The van der Waals surface area contributed by atoms with Gasteiger partial charge in [0.15, 0.2) is 5.78 Å². The molecule has 0 saturated heterocycles. The molecule has 154 valence electrons. The molecule has 4 aromatic rings. The Bertz CT molecular complexity index is 1240. The molecule has 6 nitrogen and oxygen atoms in total. The second-order valence-electron chi connectivity index (χ2n) is 7.41. The number of hydrogen-bond acceptors (Lipinski definition) is 3. The van der Waals surface area contributed by atoms with Crippen molar-refractivity contribution in [1.82, 2.24) is 14.9 Å². The van der Waals surface area contributed by atoms with E-state index in [0.29, 0.717) is 18.5 Å². The first-order valence-corrected chi connectivity index (χ1v) is 10.1. The van der Waals surface area contributed by atoms with Crippen molar-refractivity contribution in [1.29, 1.82) is 0 Å². The van der Waals surface area contributed by atoms with Crippen molar-refractivity contribution in [3.8, 4) is 5.75 Å². The fourth-order valence-electron chi connectivity index (χ4n) is 3.94. The predicted octanol–water partition coefficient (Wildman–Crippen LogP) is 4.60. The van der Waals surface area contributed by atoms with Crippen LogP contribution in [0.5, 0.6) is 5.75 Å². The highest BCUT2D eigenvalue weighted by molar-refractivity contribution is 6.07. The van der Waals surface area contributed by atoms with Crippen molar-refractivity contribution in [2.75, 3.05) is 7.11 Å². The van der Waals surface area contributed by atoms with Crippen LogP contribution in [0.2, 0.25) is 0 Å². The number of aromatic amines is 1. The molecule has 4 rings (SSSR count). The van der Waals surface area contributed by atoms with Crippen LogP contribution in [0.3, 0.4) is 0 Å². The van der Waals surface area contributed by atoms with Crippen molar-refractivity contribution < 1.29 is 14.3 Å². The minimum absolute atomic E-state index is 0.00582. The van der Waals surface area contributed by atoms with E-state index < -0.39 is 6.04 Å². The number of Topliss-reactive ketones (excluding diaryl/α,β-unsaturated/α-hetero) is 1. The highest BCUT2D eigenvalue weighted by atomic mass is 16.5. The number of carbonyl (C=O) groups excluding carboxylic acids is 2. The molecule has 0 aliphatic rings. The van der Waals surface area contributed by atoms with Crippen molar-refractivity contribution >= 4 is 33.5 Å². The summed E-state index contributed by atoms with van der Waals surface area (Å²) in [5.74, 6) is 0.710. The van der Waals surface area contributed by atoms with Crippen LogP contribution in [0.15, 0.2) is 54.7 Å². The van der Waals surface area contributed by atoms with Gasteiger partial charge in [-0.3, -0.25) is 9.59 Å². The Hall–Kier alpha value is -3.54. The lowest BCUT2D eigenvalue weighted by molar-refractivity contribution is -0.124. The van der Waals surface area contributed by atoms with Crippen LogP contribution in [-0.2, 0) is 11.3 Å². The smallest absolute Gasteiger partial charge is 0.243 e. The quantitative estimate of drug-likeness (QED) is 0.443. The zero-order valence-electron chi connectivity index (χ0n) is 17.4. The number of ketones is 1.